The van der Waals surface area contributed by atoms with Crippen LogP contribution in [-0.4, -0.2) is 68.2 Å². The maximum Gasteiger partial charge on any atom is 0.354 e. The van der Waals surface area contributed by atoms with Gasteiger partial charge in [-0.2, -0.15) is 0 Å². The summed E-state index contributed by atoms with van der Waals surface area (Å²) in [6, 6.07) is 0. The first-order chi connectivity index (χ1) is 6.84. The lowest BCUT2D eigenvalue weighted by Crippen LogP contribution is -2.57. The van der Waals surface area contributed by atoms with Crippen molar-refractivity contribution in [1.82, 2.24) is 0 Å². The molecule has 1 saturated heterocycles. The molecule has 0 spiro atoms. The average Bonchev–Trinajstić information content (AvgIpc) is 2.43. The normalized spacial score (nSPS) is 42.9. The zero-order valence-corrected chi connectivity index (χ0v) is 7.65. The number of carboxylic acid groups (broad SMARTS) is 1. The van der Waals surface area contributed by atoms with Crippen molar-refractivity contribution in [3.8, 4) is 0 Å². The highest BCUT2D eigenvalue weighted by molar-refractivity contribution is 5.78. The fraction of sp³-hybridized carbons (Fsp3) is 0.857. The third kappa shape index (κ3) is 1.83. The van der Waals surface area contributed by atoms with Crippen LogP contribution in [0.25, 0.3) is 0 Å². The lowest BCUT2D eigenvalue weighted by Gasteiger charge is -2.22. The number of carbonyl (C=O) groups is 1. The molecule has 0 bridgehead atoms. The Balaban J connectivity index is 2.89. The minimum atomic E-state index is -2.47. The largest absolute Gasteiger partial charge is 0.478 e. The molecular weight excluding hydrogens is 210 g/mol. The highest BCUT2D eigenvalue weighted by atomic mass is 16.6. The summed E-state index contributed by atoms with van der Waals surface area (Å²) in [7, 11) is 0. The number of carboxylic acids is 1. The van der Waals surface area contributed by atoms with Gasteiger partial charge in [-0.15, -0.1) is 0 Å². The Kier molecular flexibility index (Phi) is 3.28. The molecule has 0 amide bonds. The van der Waals surface area contributed by atoms with Gasteiger partial charge in [0, 0.05) is 0 Å². The predicted octanol–water partition coefficient (Wildman–Crippen LogP) is -3.80. The van der Waals surface area contributed by atoms with E-state index in [2.05, 4.69) is 4.74 Å². The second-order valence-electron chi connectivity index (χ2n) is 3.37. The van der Waals surface area contributed by atoms with Gasteiger partial charge in [0.1, 0.15) is 24.4 Å². The summed E-state index contributed by atoms with van der Waals surface area (Å²) in [6.07, 6.45) is -6.50. The molecule has 1 fully saturated rings. The fourth-order valence-electron chi connectivity index (χ4n) is 1.38. The van der Waals surface area contributed by atoms with E-state index in [1.807, 2.05) is 0 Å². The van der Waals surface area contributed by atoms with Crippen LogP contribution >= 0.6 is 0 Å². The van der Waals surface area contributed by atoms with E-state index in [0.29, 0.717) is 0 Å². The number of aliphatic hydroxyl groups excluding tert-OH is 4. The lowest BCUT2D eigenvalue weighted by atomic mass is 10.0. The Morgan fingerprint density at radius 3 is 2.40 bits per heavy atom. The van der Waals surface area contributed by atoms with E-state index in [1.165, 1.54) is 0 Å². The van der Waals surface area contributed by atoms with Crippen molar-refractivity contribution in [3.05, 3.63) is 0 Å². The number of aliphatic carboxylic acids is 1. The molecule has 15 heavy (non-hydrogen) atoms. The maximum atomic E-state index is 10.7. The van der Waals surface area contributed by atoms with Gasteiger partial charge in [0.25, 0.3) is 0 Å². The van der Waals surface area contributed by atoms with E-state index in [0.717, 1.165) is 0 Å². The Morgan fingerprint density at radius 2 is 2.07 bits per heavy atom. The molecule has 0 aromatic carbocycles. The third-order valence-electron chi connectivity index (χ3n) is 2.33. The standard InChI is InChI=1S/C7H13NO7/c8-7(6(13)14)5(12)3(11)4(15-7)2(10)1-9/h2-5,9-12H,1,8H2,(H,13,14)/t2-,3+,4-,5+,7+/m0/s1. The van der Waals surface area contributed by atoms with Crippen molar-refractivity contribution >= 4 is 5.97 Å². The van der Waals surface area contributed by atoms with Crippen molar-refractivity contribution in [2.75, 3.05) is 6.61 Å². The highest BCUT2D eigenvalue weighted by Gasteiger charge is 2.58. The molecule has 0 saturated carbocycles. The quantitative estimate of drug-likeness (QED) is 0.285. The molecule has 0 aromatic rings. The van der Waals surface area contributed by atoms with Crippen LogP contribution in [0.1, 0.15) is 0 Å². The van der Waals surface area contributed by atoms with Crippen LogP contribution in [0.5, 0.6) is 0 Å². The summed E-state index contributed by atoms with van der Waals surface area (Å²) < 4.78 is 4.66. The van der Waals surface area contributed by atoms with Gasteiger partial charge >= 0.3 is 5.97 Å². The van der Waals surface area contributed by atoms with E-state index in [1.54, 1.807) is 0 Å². The van der Waals surface area contributed by atoms with Crippen LogP contribution in [0, 0.1) is 0 Å². The van der Waals surface area contributed by atoms with Gasteiger partial charge in [-0.05, 0) is 0 Å². The number of nitrogens with two attached hydrogens (primary N) is 1. The molecule has 5 atom stereocenters. The Labute approximate surface area is 84.5 Å². The predicted molar refractivity (Wildman–Crippen MR) is 44.5 cm³/mol. The van der Waals surface area contributed by atoms with E-state index in [4.69, 9.17) is 21.1 Å². The summed E-state index contributed by atoms with van der Waals surface area (Å²) in [6.45, 7) is -0.746. The van der Waals surface area contributed by atoms with E-state index in [-0.39, 0.29) is 0 Å². The highest BCUT2D eigenvalue weighted by Crippen LogP contribution is 2.29. The van der Waals surface area contributed by atoms with Gasteiger partial charge in [-0.3, -0.25) is 5.73 Å². The zero-order chi connectivity index (χ0) is 11.8. The van der Waals surface area contributed by atoms with Gasteiger partial charge in [0.15, 0.2) is 0 Å². The molecule has 1 aliphatic rings. The number of ether oxygens (including phenoxy) is 1. The molecule has 1 aliphatic heterocycles. The average molecular weight is 223 g/mol. The minimum absolute atomic E-state index is 0.746. The summed E-state index contributed by atoms with van der Waals surface area (Å²) in [5.74, 6) is -1.67. The van der Waals surface area contributed by atoms with Crippen LogP contribution in [-0.2, 0) is 9.53 Å². The van der Waals surface area contributed by atoms with Gasteiger partial charge in [0.05, 0.1) is 6.61 Å². The van der Waals surface area contributed by atoms with E-state index in [9.17, 15) is 15.0 Å². The first-order valence-corrected chi connectivity index (χ1v) is 4.19. The number of rotatable bonds is 3. The number of hydrogen-bond acceptors (Lipinski definition) is 7. The molecule has 88 valence electrons. The Bertz CT molecular complexity index is 260. The van der Waals surface area contributed by atoms with Crippen LogP contribution in [0.4, 0.5) is 0 Å². The number of hydrogen-bond donors (Lipinski definition) is 6. The van der Waals surface area contributed by atoms with Crippen molar-refractivity contribution in [2.45, 2.75) is 30.1 Å². The first-order valence-electron chi connectivity index (χ1n) is 4.19. The molecule has 0 radical (unpaired) electrons. The van der Waals surface area contributed by atoms with Crippen LogP contribution < -0.4 is 5.73 Å². The summed E-state index contributed by atoms with van der Waals surface area (Å²) >= 11 is 0. The second kappa shape index (κ2) is 4.00. The monoisotopic (exact) mass is 223 g/mol. The van der Waals surface area contributed by atoms with Gasteiger partial charge < -0.3 is 30.3 Å². The zero-order valence-electron chi connectivity index (χ0n) is 7.65. The second-order valence-corrected chi connectivity index (χ2v) is 3.37. The lowest BCUT2D eigenvalue weighted by molar-refractivity contribution is -0.177. The van der Waals surface area contributed by atoms with Crippen molar-refractivity contribution in [3.63, 3.8) is 0 Å². The van der Waals surface area contributed by atoms with Crippen LogP contribution in [0.2, 0.25) is 0 Å². The van der Waals surface area contributed by atoms with Gasteiger partial charge in [-0.1, -0.05) is 0 Å². The van der Waals surface area contributed by atoms with E-state index < -0.39 is 42.7 Å². The molecule has 0 aromatic heterocycles. The molecular formula is C7H13NO7. The smallest absolute Gasteiger partial charge is 0.354 e. The number of aliphatic hydroxyl groups is 4. The molecule has 1 heterocycles. The maximum absolute atomic E-state index is 10.7. The summed E-state index contributed by atoms with van der Waals surface area (Å²) in [5.41, 5.74) is 2.72. The Morgan fingerprint density at radius 1 is 1.53 bits per heavy atom. The van der Waals surface area contributed by atoms with Crippen LogP contribution in [0.3, 0.4) is 0 Å². The topological polar surface area (TPSA) is 153 Å². The molecule has 8 nitrogen and oxygen atoms in total. The molecule has 0 aliphatic carbocycles. The van der Waals surface area contributed by atoms with Gasteiger partial charge in [-0.25, -0.2) is 4.79 Å². The summed E-state index contributed by atoms with van der Waals surface area (Å²) in [4.78, 5) is 10.7. The van der Waals surface area contributed by atoms with Crippen molar-refractivity contribution in [1.29, 1.82) is 0 Å². The van der Waals surface area contributed by atoms with E-state index >= 15 is 0 Å². The summed E-state index contributed by atoms with van der Waals surface area (Å²) in [5, 5.41) is 45.1. The molecule has 0 unspecified atom stereocenters. The Hall–Kier alpha value is -0.770. The van der Waals surface area contributed by atoms with Crippen molar-refractivity contribution in [2.24, 2.45) is 5.73 Å². The molecule has 8 heteroatoms. The molecule has 7 N–H and O–H groups in total. The van der Waals surface area contributed by atoms with Crippen molar-refractivity contribution < 1.29 is 35.1 Å². The van der Waals surface area contributed by atoms with Crippen LogP contribution in [0.15, 0.2) is 0 Å². The van der Waals surface area contributed by atoms with Gasteiger partial charge in [0.2, 0.25) is 5.72 Å². The third-order valence-corrected chi connectivity index (χ3v) is 2.33. The SMILES string of the molecule is N[C@@]1(C(=O)O)O[C@@H]([C@@H](O)CO)[C@@H](O)[C@H]1O. The minimum Gasteiger partial charge on any atom is -0.478 e. The molecule has 1 rings (SSSR count). The fourth-order valence-corrected chi connectivity index (χ4v) is 1.38. The first kappa shape index (κ1) is 12.3.